The normalized spacial score (nSPS) is 27.5. The van der Waals surface area contributed by atoms with Gasteiger partial charge >= 0.3 is 0 Å². The third-order valence-corrected chi connectivity index (χ3v) is 8.63. The highest BCUT2D eigenvalue weighted by Gasteiger charge is 2.63. The van der Waals surface area contributed by atoms with Crippen molar-refractivity contribution in [2.75, 3.05) is 6.54 Å². The van der Waals surface area contributed by atoms with Crippen LogP contribution in [0.25, 0.3) is 0 Å². The van der Waals surface area contributed by atoms with Crippen molar-refractivity contribution in [1.29, 1.82) is 0 Å². The number of carbonyl (C=O) groups is 1. The van der Waals surface area contributed by atoms with Gasteiger partial charge in [-0.25, -0.2) is 0 Å². The minimum atomic E-state index is -0.728. The zero-order valence-corrected chi connectivity index (χ0v) is 23.2. The van der Waals surface area contributed by atoms with Gasteiger partial charge in [0.1, 0.15) is 16.9 Å². The molecule has 0 aromatic heterocycles. The van der Waals surface area contributed by atoms with Gasteiger partial charge in [0, 0.05) is 43.7 Å². The summed E-state index contributed by atoms with van der Waals surface area (Å²) in [6.07, 6.45) is 3.79. The van der Waals surface area contributed by atoms with Crippen LogP contribution in [-0.4, -0.2) is 40.7 Å². The Labute approximate surface area is 232 Å². The van der Waals surface area contributed by atoms with Crippen LogP contribution in [-0.2, 0) is 24.3 Å². The lowest BCUT2D eigenvalue weighted by molar-refractivity contribution is -0.132. The van der Waals surface area contributed by atoms with Crippen molar-refractivity contribution in [2.45, 2.75) is 63.9 Å². The number of nitrogens with one attached hydrogen (secondary N) is 1. The van der Waals surface area contributed by atoms with E-state index in [0.717, 1.165) is 37.2 Å². The minimum absolute atomic E-state index is 0.0715. The van der Waals surface area contributed by atoms with Gasteiger partial charge in [0.15, 0.2) is 0 Å². The molecule has 0 spiro atoms. The second-order valence-electron chi connectivity index (χ2n) is 12.5. The maximum atomic E-state index is 14.0. The van der Waals surface area contributed by atoms with Gasteiger partial charge < -0.3 is 10.1 Å². The summed E-state index contributed by atoms with van der Waals surface area (Å²) in [7, 11) is 0. The number of hydrogen-bond acceptors (Lipinski definition) is 4. The van der Waals surface area contributed by atoms with Gasteiger partial charge in [-0.15, -0.1) is 0 Å². The van der Waals surface area contributed by atoms with Gasteiger partial charge in [0.05, 0.1) is 0 Å². The highest BCUT2D eigenvalue weighted by molar-refractivity contribution is 5.91. The van der Waals surface area contributed by atoms with Crippen LogP contribution in [0.15, 0.2) is 89.9 Å². The monoisotopic (exact) mass is 521 g/mol. The standard InChI is InChI=1S/C34H39N3O2/c1-33(2,3)39-28-16-14-26(15-17-28)22-37-23-27-19-34(32(38)35-20-25-12-8-5-9-13-25)30(31(37)29(27)21-36-34)18-24-10-6-4-7-11-24/h4-17,21,27,29-31H,18-20,22-23H2,1-3H3,(H,35,38)/t27-,29-,30+,31+,34+/m1/s1. The summed E-state index contributed by atoms with van der Waals surface area (Å²) in [5.41, 5.74) is 2.71. The largest absolute Gasteiger partial charge is 0.488 e. The number of rotatable bonds is 8. The van der Waals surface area contributed by atoms with Crippen molar-refractivity contribution >= 4 is 12.1 Å². The molecule has 1 aliphatic carbocycles. The molecule has 0 radical (unpaired) electrons. The van der Waals surface area contributed by atoms with Crippen LogP contribution in [0.2, 0.25) is 0 Å². The Balaban J connectivity index is 1.26. The first kappa shape index (κ1) is 25.8. The zero-order valence-electron chi connectivity index (χ0n) is 23.2. The molecule has 3 aromatic carbocycles. The third kappa shape index (κ3) is 5.25. The first-order chi connectivity index (χ1) is 18.8. The average Bonchev–Trinajstić information content (AvgIpc) is 3.23. The van der Waals surface area contributed by atoms with E-state index in [9.17, 15) is 4.79 Å². The molecular weight excluding hydrogens is 482 g/mol. The molecule has 3 aromatic rings. The van der Waals surface area contributed by atoms with E-state index in [0.29, 0.717) is 18.4 Å². The van der Waals surface area contributed by atoms with Gasteiger partial charge in [-0.05, 0) is 68.4 Å². The number of aliphatic imine (C=N–C) groups is 1. The highest BCUT2D eigenvalue weighted by atomic mass is 16.5. The number of likely N-dealkylation sites (tertiary alicyclic amines) is 1. The summed E-state index contributed by atoms with van der Waals surface area (Å²) in [5.74, 6) is 1.93. The molecule has 202 valence electrons. The first-order valence-electron chi connectivity index (χ1n) is 14.2. The Bertz CT molecular complexity index is 1320. The fourth-order valence-corrected chi connectivity index (χ4v) is 7.03. The molecule has 1 saturated carbocycles. The Morgan fingerprint density at radius 1 is 0.949 bits per heavy atom. The van der Waals surface area contributed by atoms with Crippen LogP contribution in [0, 0.1) is 17.8 Å². The number of nitrogens with zero attached hydrogens (tertiary/aromatic N) is 2. The lowest BCUT2D eigenvalue weighted by Crippen LogP contribution is -2.63. The first-order valence-corrected chi connectivity index (χ1v) is 14.2. The molecule has 1 N–H and O–H groups in total. The lowest BCUT2D eigenvalue weighted by atomic mass is 9.59. The van der Waals surface area contributed by atoms with Crippen LogP contribution in [0.5, 0.6) is 5.75 Å². The van der Waals surface area contributed by atoms with Gasteiger partial charge in [0.2, 0.25) is 5.91 Å². The summed E-state index contributed by atoms with van der Waals surface area (Å²) >= 11 is 0. The topological polar surface area (TPSA) is 53.9 Å². The van der Waals surface area contributed by atoms with E-state index < -0.39 is 5.54 Å². The van der Waals surface area contributed by atoms with E-state index >= 15 is 0 Å². The molecule has 4 aliphatic rings. The molecule has 3 heterocycles. The molecule has 0 unspecified atom stereocenters. The maximum absolute atomic E-state index is 14.0. The van der Waals surface area contributed by atoms with E-state index in [4.69, 9.17) is 9.73 Å². The van der Waals surface area contributed by atoms with E-state index in [-0.39, 0.29) is 23.5 Å². The second-order valence-corrected chi connectivity index (χ2v) is 12.5. The van der Waals surface area contributed by atoms with Crippen molar-refractivity contribution < 1.29 is 9.53 Å². The number of benzene rings is 3. The van der Waals surface area contributed by atoms with E-state index in [1.165, 1.54) is 11.1 Å². The maximum Gasteiger partial charge on any atom is 0.248 e. The summed E-state index contributed by atoms with van der Waals surface area (Å²) in [6.45, 7) is 8.61. The SMILES string of the molecule is CC(C)(C)Oc1ccc(CN2C[C@H]3C[C@]4(C(=O)NCc5ccccc5)N=C[C@H]3[C@H]2[C@@H]4Cc2ccccc2)cc1. The molecule has 7 rings (SSSR count). The average molecular weight is 522 g/mol. The number of hydrogen-bond donors (Lipinski definition) is 1. The Hall–Kier alpha value is -3.44. The molecule has 5 heteroatoms. The van der Waals surface area contributed by atoms with E-state index in [1.807, 2.05) is 18.2 Å². The Kier molecular flexibility index (Phi) is 6.80. The Morgan fingerprint density at radius 2 is 1.62 bits per heavy atom. The van der Waals surface area contributed by atoms with Crippen molar-refractivity contribution in [1.82, 2.24) is 10.2 Å². The smallest absolute Gasteiger partial charge is 0.248 e. The summed E-state index contributed by atoms with van der Waals surface area (Å²) < 4.78 is 6.04. The summed E-state index contributed by atoms with van der Waals surface area (Å²) in [6, 6.07) is 29.6. The number of amides is 1. The fourth-order valence-electron chi connectivity index (χ4n) is 7.03. The molecule has 5 nitrogen and oxygen atoms in total. The van der Waals surface area contributed by atoms with E-state index in [1.54, 1.807) is 0 Å². The molecule has 3 aliphatic heterocycles. The highest BCUT2D eigenvalue weighted by Crippen LogP contribution is 2.54. The lowest BCUT2D eigenvalue weighted by Gasteiger charge is -2.51. The molecular formula is C34H39N3O2. The van der Waals surface area contributed by atoms with Gasteiger partial charge in [-0.2, -0.15) is 0 Å². The van der Waals surface area contributed by atoms with Crippen LogP contribution < -0.4 is 10.1 Å². The number of carbonyl (C=O) groups excluding carboxylic acids is 1. The summed E-state index contributed by atoms with van der Waals surface area (Å²) in [4.78, 5) is 21.7. The van der Waals surface area contributed by atoms with Crippen LogP contribution in [0.4, 0.5) is 0 Å². The molecule has 4 bridgehead atoms. The molecule has 1 saturated heterocycles. The van der Waals surface area contributed by atoms with Crippen molar-refractivity contribution in [3.05, 3.63) is 102 Å². The van der Waals surface area contributed by atoms with E-state index in [2.05, 4.69) is 104 Å². The van der Waals surface area contributed by atoms with Crippen LogP contribution in [0.1, 0.15) is 43.9 Å². The molecule has 1 amide bonds. The third-order valence-electron chi connectivity index (χ3n) is 8.63. The van der Waals surface area contributed by atoms with Gasteiger partial charge in [0.25, 0.3) is 0 Å². The molecule has 2 fully saturated rings. The van der Waals surface area contributed by atoms with Gasteiger partial charge in [-0.1, -0.05) is 72.8 Å². The van der Waals surface area contributed by atoms with Crippen LogP contribution in [0.3, 0.4) is 0 Å². The molecule has 5 atom stereocenters. The van der Waals surface area contributed by atoms with Crippen molar-refractivity contribution in [3.63, 3.8) is 0 Å². The quantitative estimate of drug-likeness (QED) is 0.415. The Morgan fingerprint density at radius 3 is 2.28 bits per heavy atom. The summed E-state index contributed by atoms with van der Waals surface area (Å²) in [5, 5.41) is 3.27. The second kappa shape index (κ2) is 10.3. The van der Waals surface area contributed by atoms with Crippen molar-refractivity contribution in [3.8, 4) is 5.75 Å². The fraction of sp³-hybridized carbons (Fsp3) is 0.412. The van der Waals surface area contributed by atoms with Gasteiger partial charge in [-0.3, -0.25) is 14.7 Å². The molecule has 39 heavy (non-hydrogen) atoms. The zero-order chi connectivity index (χ0) is 27.0. The predicted molar refractivity (Wildman–Crippen MR) is 156 cm³/mol. The van der Waals surface area contributed by atoms with Crippen LogP contribution >= 0.6 is 0 Å². The minimum Gasteiger partial charge on any atom is -0.488 e. The number of ether oxygens (including phenoxy) is 1. The predicted octanol–water partition coefficient (Wildman–Crippen LogP) is 5.68. The van der Waals surface area contributed by atoms with Crippen molar-refractivity contribution in [2.24, 2.45) is 22.7 Å².